The van der Waals surface area contributed by atoms with E-state index in [-0.39, 0.29) is 22.9 Å². The molecule has 1 aromatic carbocycles. The van der Waals surface area contributed by atoms with E-state index in [1.807, 2.05) is 0 Å². The van der Waals surface area contributed by atoms with Crippen LogP contribution in [-0.2, 0) is 11.0 Å². The Bertz CT molecular complexity index is 867. The lowest BCUT2D eigenvalue weighted by Crippen LogP contribution is -2.49. The summed E-state index contributed by atoms with van der Waals surface area (Å²) >= 11 is 0. The number of hydrogen-bond acceptors (Lipinski definition) is 8. The number of aliphatic hydroxyl groups is 4. The van der Waals surface area contributed by atoms with Gasteiger partial charge in [0.2, 0.25) is 0 Å². The molecule has 0 radical (unpaired) electrons. The van der Waals surface area contributed by atoms with E-state index in [2.05, 4.69) is 9.73 Å². The van der Waals surface area contributed by atoms with Crippen LogP contribution in [0.2, 0.25) is 0 Å². The number of fused-ring (bicyclic) bond motifs is 1. The number of halogens is 3. The molecular formula is C16H16F3NO7. The Balaban J connectivity index is 2.31. The molecule has 148 valence electrons. The predicted octanol–water partition coefficient (Wildman–Crippen LogP) is -0.134. The molecule has 8 nitrogen and oxygen atoms in total. The summed E-state index contributed by atoms with van der Waals surface area (Å²) in [5.74, 6) is 0. The van der Waals surface area contributed by atoms with Crippen molar-refractivity contribution in [3.63, 3.8) is 0 Å². The standard InChI is InChI=1S/C16H16F3NO7/c17-16(18,19)9-3-7-1-2-8(4-12(7)27-15(9)26)20-10(5-21)13(24)14(25)11(23)6-22/h1-5,10-11,13-14,20,22-25H,6H2/t10-,11+,13+,14+/m0/s1. The smallest absolute Gasteiger partial charge is 0.422 e. The lowest BCUT2D eigenvalue weighted by Gasteiger charge is -2.26. The highest BCUT2D eigenvalue weighted by atomic mass is 19.4. The molecule has 1 aromatic heterocycles. The van der Waals surface area contributed by atoms with Gasteiger partial charge in [-0.25, -0.2) is 4.79 Å². The first-order valence-electron chi connectivity index (χ1n) is 7.60. The van der Waals surface area contributed by atoms with Crippen LogP contribution in [0.25, 0.3) is 11.0 Å². The number of alkyl halides is 3. The largest absolute Gasteiger partial charge is 0.423 e. The van der Waals surface area contributed by atoms with Gasteiger partial charge in [-0.2, -0.15) is 13.2 Å². The van der Waals surface area contributed by atoms with Crippen molar-refractivity contribution in [2.45, 2.75) is 30.5 Å². The van der Waals surface area contributed by atoms with Crippen LogP contribution >= 0.6 is 0 Å². The Kier molecular flexibility index (Phi) is 6.21. The molecule has 0 aliphatic carbocycles. The van der Waals surface area contributed by atoms with Crippen molar-refractivity contribution in [2.24, 2.45) is 0 Å². The minimum absolute atomic E-state index is 0.0218. The van der Waals surface area contributed by atoms with Gasteiger partial charge in [-0.15, -0.1) is 0 Å². The van der Waals surface area contributed by atoms with Gasteiger partial charge in [0.1, 0.15) is 41.8 Å². The van der Waals surface area contributed by atoms with Gasteiger partial charge in [-0.1, -0.05) is 0 Å². The highest BCUT2D eigenvalue weighted by Crippen LogP contribution is 2.29. The summed E-state index contributed by atoms with van der Waals surface area (Å²) in [4.78, 5) is 22.7. The number of nitrogens with one attached hydrogen (secondary N) is 1. The molecule has 0 fully saturated rings. The summed E-state index contributed by atoms with van der Waals surface area (Å²) in [6, 6.07) is 2.79. The third-order valence-electron chi connectivity index (χ3n) is 3.82. The molecule has 0 aliphatic rings. The first kappa shape index (κ1) is 20.8. The quantitative estimate of drug-likeness (QED) is 0.325. The third-order valence-corrected chi connectivity index (χ3v) is 3.82. The Labute approximate surface area is 149 Å². The zero-order chi connectivity index (χ0) is 20.4. The highest BCUT2D eigenvalue weighted by molar-refractivity contribution is 5.81. The van der Waals surface area contributed by atoms with Crippen LogP contribution in [0.4, 0.5) is 18.9 Å². The molecule has 0 aliphatic heterocycles. The summed E-state index contributed by atoms with van der Waals surface area (Å²) in [5, 5.41) is 40.1. The number of carbonyl (C=O) groups excluding carboxylic acids is 1. The van der Waals surface area contributed by atoms with E-state index in [1.54, 1.807) is 0 Å². The zero-order valence-corrected chi connectivity index (χ0v) is 13.6. The maximum absolute atomic E-state index is 12.7. The molecule has 0 unspecified atom stereocenters. The van der Waals surface area contributed by atoms with E-state index in [1.165, 1.54) is 12.1 Å². The van der Waals surface area contributed by atoms with Crippen LogP contribution in [0.5, 0.6) is 0 Å². The predicted molar refractivity (Wildman–Crippen MR) is 86.1 cm³/mol. The third kappa shape index (κ3) is 4.63. The van der Waals surface area contributed by atoms with E-state index in [9.17, 15) is 38.1 Å². The van der Waals surface area contributed by atoms with E-state index in [4.69, 9.17) is 5.11 Å². The minimum atomic E-state index is -4.87. The van der Waals surface area contributed by atoms with E-state index in [0.717, 1.165) is 6.07 Å². The second kappa shape index (κ2) is 8.05. The van der Waals surface area contributed by atoms with Crippen molar-refractivity contribution in [3.05, 3.63) is 40.2 Å². The minimum Gasteiger partial charge on any atom is -0.422 e. The van der Waals surface area contributed by atoms with Crippen LogP contribution < -0.4 is 10.9 Å². The number of benzene rings is 1. The van der Waals surface area contributed by atoms with Crippen LogP contribution in [0.1, 0.15) is 5.56 Å². The van der Waals surface area contributed by atoms with Gasteiger partial charge >= 0.3 is 11.8 Å². The average molecular weight is 391 g/mol. The molecule has 0 saturated carbocycles. The monoisotopic (exact) mass is 391 g/mol. The second-order valence-corrected chi connectivity index (χ2v) is 5.74. The number of anilines is 1. The van der Waals surface area contributed by atoms with Crippen molar-refractivity contribution in [2.75, 3.05) is 11.9 Å². The summed E-state index contributed by atoms with van der Waals surface area (Å²) < 4.78 is 42.8. The van der Waals surface area contributed by atoms with Crippen LogP contribution in [-0.4, -0.2) is 57.7 Å². The number of rotatable bonds is 7. The van der Waals surface area contributed by atoms with E-state index >= 15 is 0 Å². The summed E-state index contributed by atoms with van der Waals surface area (Å²) in [6.45, 7) is -0.855. The van der Waals surface area contributed by atoms with Crippen molar-refractivity contribution < 1.29 is 42.8 Å². The molecule has 0 bridgehead atoms. The summed E-state index contributed by atoms with van der Waals surface area (Å²) in [5.41, 5.74) is -3.15. The Morgan fingerprint density at radius 1 is 1.15 bits per heavy atom. The van der Waals surface area contributed by atoms with Gasteiger partial charge in [0.15, 0.2) is 0 Å². The van der Waals surface area contributed by atoms with Crippen LogP contribution in [0.15, 0.2) is 33.5 Å². The topological polar surface area (TPSA) is 140 Å². The zero-order valence-electron chi connectivity index (χ0n) is 13.6. The van der Waals surface area contributed by atoms with E-state index in [0.29, 0.717) is 6.07 Å². The fraction of sp³-hybridized carbons (Fsp3) is 0.375. The van der Waals surface area contributed by atoms with Crippen molar-refractivity contribution >= 4 is 22.9 Å². The lowest BCUT2D eigenvalue weighted by molar-refractivity contribution is -0.139. The first-order valence-corrected chi connectivity index (χ1v) is 7.60. The molecule has 0 spiro atoms. The molecule has 0 amide bonds. The maximum Gasteiger partial charge on any atom is 0.423 e. The molecule has 27 heavy (non-hydrogen) atoms. The fourth-order valence-corrected chi connectivity index (χ4v) is 2.34. The molecule has 2 aromatic rings. The van der Waals surface area contributed by atoms with Crippen molar-refractivity contribution in [1.29, 1.82) is 0 Å². The average Bonchev–Trinajstić information content (AvgIpc) is 2.62. The molecule has 4 atom stereocenters. The van der Waals surface area contributed by atoms with Crippen LogP contribution in [0.3, 0.4) is 0 Å². The Hall–Kier alpha value is -2.47. The molecule has 1 heterocycles. The second-order valence-electron chi connectivity index (χ2n) is 5.74. The van der Waals surface area contributed by atoms with Gasteiger partial charge in [0.25, 0.3) is 0 Å². The molecule has 2 rings (SSSR count). The van der Waals surface area contributed by atoms with Gasteiger partial charge in [-0.3, -0.25) is 0 Å². The highest BCUT2D eigenvalue weighted by Gasteiger charge is 2.35. The molecule has 5 N–H and O–H groups in total. The molecular weight excluding hydrogens is 375 g/mol. The molecule has 11 heteroatoms. The number of aldehydes is 1. The van der Waals surface area contributed by atoms with Crippen LogP contribution in [0, 0.1) is 0 Å². The fourth-order valence-electron chi connectivity index (χ4n) is 2.34. The maximum atomic E-state index is 12.7. The number of aliphatic hydroxyl groups excluding tert-OH is 4. The van der Waals surface area contributed by atoms with Gasteiger partial charge in [0.05, 0.1) is 6.61 Å². The van der Waals surface area contributed by atoms with Gasteiger partial charge in [-0.05, 0) is 18.2 Å². The van der Waals surface area contributed by atoms with Crippen molar-refractivity contribution in [3.8, 4) is 0 Å². The first-order chi connectivity index (χ1) is 12.6. The normalized spacial score (nSPS) is 16.6. The van der Waals surface area contributed by atoms with E-state index < -0.39 is 48.3 Å². The van der Waals surface area contributed by atoms with Gasteiger partial charge in [0, 0.05) is 17.1 Å². The molecule has 0 saturated heterocycles. The summed E-state index contributed by atoms with van der Waals surface area (Å²) in [7, 11) is 0. The number of hydrogen-bond donors (Lipinski definition) is 5. The summed E-state index contributed by atoms with van der Waals surface area (Å²) in [6.07, 6.45) is -9.99. The Morgan fingerprint density at radius 2 is 1.81 bits per heavy atom. The Morgan fingerprint density at radius 3 is 2.37 bits per heavy atom. The van der Waals surface area contributed by atoms with Gasteiger partial charge < -0.3 is 35.0 Å². The van der Waals surface area contributed by atoms with Crippen molar-refractivity contribution in [1.82, 2.24) is 0 Å². The lowest BCUT2D eigenvalue weighted by atomic mass is 10.0. The SMILES string of the molecule is O=C[C@H](Nc1ccc2cc(C(F)(F)F)c(=O)oc2c1)[C@@H](O)[C@H](O)[C@H](O)CO. The number of carbonyl (C=O) groups is 1.